The van der Waals surface area contributed by atoms with Gasteiger partial charge in [-0.1, -0.05) is 6.92 Å². The summed E-state index contributed by atoms with van der Waals surface area (Å²) in [5, 5.41) is 9.91. The van der Waals surface area contributed by atoms with Gasteiger partial charge in [0.05, 0.1) is 18.7 Å². The molecule has 2 aliphatic rings. The summed E-state index contributed by atoms with van der Waals surface area (Å²) in [4.78, 5) is 14.0. The summed E-state index contributed by atoms with van der Waals surface area (Å²) in [5.74, 6) is 1.04. The van der Waals surface area contributed by atoms with Gasteiger partial charge in [0.2, 0.25) is 5.91 Å². The van der Waals surface area contributed by atoms with Gasteiger partial charge in [0.1, 0.15) is 0 Å². The van der Waals surface area contributed by atoms with Crippen LogP contribution < -0.4 is 5.73 Å². The lowest BCUT2D eigenvalue weighted by Gasteiger charge is -2.47. The lowest BCUT2D eigenvalue weighted by Crippen LogP contribution is -2.64. The molecule has 0 radical (unpaired) electrons. The number of carbonyl (C=O) groups is 1. The summed E-state index contributed by atoms with van der Waals surface area (Å²) >= 11 is 0. The molecule has 2 fully saturated rings. The SMILES string of the molecule is CCC1(O)CN(C(=O)C2CCC(CN)CC2)C1. The molecule has 4 nitrogen and oxygen atoms in total. The summed E-state index contributed by atoms with van der Waals surface area (Å²) in [6.45, 7) is 3.77. The molecule has 0 aromatic rings. The lowest BCUT2D eigenvalue weighted by atomic mass is 9.80. The summed E-state index contributed by atoms with van der Waals surface area (Å²) in [6, 6.07) is 0. The Balaban J connectivity index is 1.79. The first kappa shape index (κ1) is 12.8. The third kappa shape index (κ3) is 2.63. The molecule has 1 saturated heterocycles. The Morgan fingerprint density at radius 2 is 1.94 bits per heavy atom. The summed E-state index contributed by atoms with van der Waals surface area (Å²) < 4.78 is 0. The second kappa shape index (κ2) is 4.94. The number of amides is 1. The van der Waals surface area contributed by atoms with Crippen LogP contribution in [0, 0.1) is 11.8 Å². The zero-order chi connectivity index (χ0) is 12.5. The van der Waals surface area contributed by atoms with E-state index >= 15 is 0 Å². The van der Waals surface area contributed by atoms with E-state index in [0.717, 1.165) is 38.6 Å². The Labute approximate surface area is 103 Å². The molecule has 98 valence electrons. The van der Waals surface area contributed by atoms with Gasteiger partial charge < -0.3 is 15.7 Å². The van der Waals surface area contributed by atoms with Crippen molar-refractivity contribution in [3.8, 4) is 0 Å². The molecule has 4 heteroatoms. The number of hydrogen-bond donors (Lipinski definition) is 2. The van der Waals surface area contributed by atoms with E-state index in [0.29, 0.717) is 19.0 Å². The second-order valence-electron chi connectivity index (χ2n) is 5.73. The molecule has 1 aliphatic heterocycles. The second-order valence-corrected chi connectivity index (χ2v) is 5.73. The van der Waals surface area contributed by atoms with Crippen molar-refractivity contribution in [2.24, 2.45) is 17.6 Å². The Morgan fingerprint density at radius 1 is 1.35 bits per heavy atom. The Bertz CT molecular complexity index is 279. The van der Waals surface area contributed by atoms with Crippen LogP contribution in [-0.2, 0) is 4.79 Å². The molecule has 0 bridgehead atoms. The van der Waals surface area contributed by atoms with Gasteiger partial charge in [-0.3, -0.25) is 4.79 Å². The van der Waals surface area contributed by atoms with Gasteiger partial charge in [0.25, 0.3) is 0 Å². The van der Waals surface area contributed by atoms with Crippen LogP contribution in [0.25, 0.3) is 0 Å². The molecule has 1 heterocycles. The van der Waals surface area contributed by atoms with Crippen LogP contribution in [0.15, 0.2) is 0 Å². The van der Waals surface area contributed by atoms with E-state index in [1.165, 1.54) is 0 Å². The van der Waals surface area contributed by atoms with Crippen LogP contribution in [0.5, 0.6) is 0 Å². The first-order valence-corrected chi connectivity index (χ1v) is 6.79. The molecule has 1 aliphatic carbocycles. The van der Waals surface area contributed by atoms with Crippen molar-refractivity contribution in [2.45, 2.75) is 44.6 Å². The Hall–Kier alpha value is -0.610. The first-order chi connectivity index (χ1) is 8.08. The fourth-order valence-electron chi connectivity index (χ4n) is 2.95. The zero-order valence-corrected chi connectivity index (χ0v) is 10.7. The number of nitrogens with zero attached hydrogens (tertiary/aromatic N) is 1. The van der Waals surface area contributed by atoms with Crippen molar-refractivity contribution in [3.63, 3.8) is 0 Å². The first-order valence-electron chi connectivity index (χ1n) is 6.79. The number of β-amino-alcohol motifs (C(OH)–C–C–N with tert-alkyl or cyclic N) is 1. The van der Waals surface area contributed by atoms with Crippen LogP contribution in [0.2, 0.25) is 0 Å². The van der Waals surface area contributed by atoms with E-state index in [-0.39, 0.29) is 11.8 Å². The van der Waals surface area contributed by atoms with Gasteiger partial charge in [0.15, 0.2) is 0 Å². The van der Waals surface area contributed by atoms with Crippen molar-refractivity contribution in [2.75, 3.05) is 19.6 Å². The van der Waals surface area contributed by atoms with E-state index in [9.17, 15) is 9.90 Å². The number of carbonyl (C=O) groups excluding carboxylic acids is 1. The maximum absolute atomic E-state index is 12.2. The third-order valence-electron chi connectivity index (χ3n) is 4.47. The van der Waals surface area contributed by atoms with E-state index in [1.54, 1.807) is 0 Å². The minimum Gasteiger partial charge on any atom is -0.386 e. The van der Waals surface area contributed by atoms with Crippen molar-refractivity contribution < 1.29 is 9.90 Å². The number of aliphatic hydroxyl groups is 1. The molecule has 3 N–H and O–H groups in total. The molecule has 0 atom stereocenters. The number of likely N-dealkylation sites (tertiary alicyclic amines) is 1. The maximum atomic E-state index is 12.2. The average molecular weight is 240 g/mol. The van der Waals surface area contributed by atoms with E-state index in [1.807, 2.05) is 11.8 Å². The maximum Gasteiger partial charge on any atom is 0.225 e. The summed E-state index contributed by atoms with van der Waals surface area (Å²) in [7, 11) is 0. The predicted molar refractivity (Wildman–Crippen MR) is 66.3 cm³/mol. The monoisotopic (exact) mass is 240 g/mol. The topological polar surface area (TPSA) is 66.6 Å². The van der Waals surface area contributed by atoms with Crippen LogP contribution in [0.1, 0.15) is 39.0 Å². The van der Waals surface area contributed by atoms with Crippen molar-refractivity contribution in [1.29, 1.82) is 0 Å². The lowest BCUT2D eigenvalue weighted by molar-refractivity contribution is -0.161. The predicted octanol–water partition coefficient (Wildman–Crippen LogP) is 0.735. The number of hydrogen-bond acceptors (Lipinski definition) is 3. The van der Waals surface area contributed by atoms with Gasteiger partial charge in [-0.05, 0) is 44.6 Å². The van der Waals surface area contributed by atoms with Crippen molar-refractivity contribution in [1.82, 2.24) is 4.90 Å². The van der Waals surface area contributed by atoms with Gasteiger partial charge >= 0.3 is 0 Å². The highest BCUT2D eigenvalue weighted by molar-refractivity contribution is 5.80. The van der Waals surface area contributed by atoms with E-state index in [4.69, 9.17) is 5.73 Å². The van der Waals surface area contributed by atoms with E-state index in [2.05, 4.69) is 0 Å². The molecule has 0 unspecified atom stereocenters. The van der Waals surface area contributed by atoms with Gasteiger partial charge in [0, 0.05) is 5.92 Å². The standard InChI is InChI=1S/C13H24N2O2/c1-2-13(17)8-15(9-13)12(16)11-5-3-10(7-14)4-6-11/h10-11,17H,2-9,14H2,1H3. The molecule has 1 amide bonds. The molecule has 0 spiro atoms. The zero-order valence-electron chi connectivity index (χ0n) is 10.7. The Morgan fingerprint density at radius 3 is 2.41 bits per heavy atom. The van der Waals surface area contributed by atoms with Gasteiger partial charge in [-0.2, -0.15) is 0 Å². The molecule has 2 rings (SSSR count). The van der Waals surface area contributed by atoms with Crippen LogP contribution in [0.4, 0.5) is 0 Å². The van der Waals surface area contributed by atoms with Gasteiger partial charge in [-0.15, -0.1) is 0 Å². The average Bonchev–Trinajstić information content (AvgIpc) is 2.34. The highest BCUT2D eigenvalue weighted by atomic mass is 16.3. The van der Waals surface area contributed by atoms with Crippen molar-refractivity contribution in [3.05, 3.63) is 0 Å². The fourth-order valence-corrected chi connectivity index (χ4v) is 2.95. The van der Waals surface area contributed by atoms with E-state index < -0.39 is 5.60 Å². The molecule has 1 saturated carbocycles. The number of rotatable bonds is 3. The molecular weight excluding hydrogens is 216 g/mol. The summed E-state index contributed by atoms with van der Waals surface area (Å²) in [6.07, 6.45) is 4.85. The molecule has 17 heavy (non-hydrogen) atoms. The molecule has 0 aromatic heterocycles. The van der Waals surface area contributed by atoms with Crippen LogP contribution in [0.3, 0.4) is 0 Å². The highest BCUT2D eigenvalue weighted by Gasteiger charge is 2.43. The van der Waals surface area contributed by atoms with Crippen LogP contribution in [-0.4, -0.2) is 41.1 Å². The summed E-state index contributed by atoms with van der Waals surface area (Å²) in [5.41, 5.74) is 5.04. The minimum atomic E-state index is -0.607. The quantitative estimate of drug-likeness (QED) is 0.764. The normalized spacial score (nSPS) is 32.1. The Kier molecular flexibility index (Phi) is 3.73. The molecular formula is C13H24N2O2. The fraction of sp³-hybridized carbons (Fsp3) is 0.923. The smallest absolute Gasteiger partial charge is 0.225 e. The third-order valence-corrected chi connectivity index (χ3v) is 4.47. The number of nitrogens with two attached hydrogens (primary N) is 1. The van der Waals surface area contributed by atoms with Crippen LogP contribution >= 0.6 is 0 Å². The largest absolute Gasteiger partial charge is 0.386 e. The highest BCUT2D eigenvalue weighted by Crippen LogP contribution is 2.32. The minimum absolute atomic E-state index is 0.180. The van der Waals surface area contributed by atoms with Crippen molar-refractivity contribution >= 4 is 5.91 Å². The molecule has 0 aromatic carbocycles. The van der Waals surface area contributed by atoms with Gasteiger partial charge in [-0.25, -0.2) is 0 Å².